The second-order valence-corrected chi connectivity index (χ2v) is 5.70. The fourth-order valence-electron chi connectivity index (χ4n) is 2.10. The van der Waals surface area contributed by atoms with Crippen molar-refractivity contribution in [3.8, 4) is 5.75 Å². The Bertz CT molecular complexity index is 580. The summed E-state index contributed by atoms with van der Waals surface area (Å²) in [5.74, 6) is 0.689. The molecule has 102 valence electrons. The quantitative estimate of drug-likeness (QED) is 0.839. The second-order valence-electron chi connectivity index (χ2n) is 4.47. The van der Waals surface area contributed by atoms with Gasteiger partial charge in [-0.1, -0.05) is 6.07 Å². The van der Waals surface area contributed by atoms with Gasteiger partial charge in [0.1, 0.15) is 5.75 Å². The van der Waals surface area contributed by atoms with Gasteiger partial charge >= 0.3 is 0 Å². The predicted molar refractivity (Wildman–Crippen MR) is 81.0 cm³/mol. The number of hydrogen-bond donors (Lipinski definition) is 2. The van der Waals surface area contributed by atoms with Crippen LogP contribution in [0, 0.1) is 13.8 Å². The smallest absolute Gasteiger partial charge is 0.143 e. The summed E-state index contributed by atoms with van der Waals surface area (Å²) in [7, 11) is 1.62. The van der Waals surface area contributed by atoms with Crippen LogP contribution in [0.1, 0.15) is 28.5 Å². The van der Waals surface area contributed by atoms with Crippen molar-refractivity contribution in [2.75, 3.05) is 18.2 Å². The van der Waals surface area contributed by atoms with E-state index in [0.29, 0.717) is 11.4 Å². The molecule has 0 amide bonds. The number of methoxy groups -OCH3 is 1. The van der Waals surface area contributed by atoms with Crippen LogP contribution in [-0.4, -0.2) is 12.1 Å². The molecule has 0 spiro atoms. The van der Waals surface area contributed by atoms with E-state index in [1.165, 1.54) is 4.88 Å². The molecule has 1 unspecified atom stereocenters. The maximum atomic E-state index is 6.06. The van der Waals surface area contributed by atoms with Crippen LogP contribution in [-0.2, 0) is 0 Å². The lowest BCUT2D eigenvalue weighted by Gasteiger charge is -2.17. The molecule has 1 atom stereocenters. The van der Waals surface area contributed by atoms with Crippen LogP contribution in [0.15, 0.2) is 18.2 Å². The Kier molecular flexibility index (Phi) is 3.95. The van der Waals surface area contributed by atoms with Gasteiger partial charge < -0.3 is 15.8 Å². The van der Waals surface area contributed by atoms with Crippen LogP contribution in [0.3, 0.4) is 0 Å². The van der Waals surface area contributed by atoms with Crippen molar-refractivity contribution in [2.24, 2.45) is 0 Å². The fourth-order valence-corrected chi connectivity index (χ4v) is 3.03. The molecule has 2 aromatic rings. The monoisotopic (exact) mass is 277 g/mol. The summed E-state index contributed by atoms with van der Waals surface area (Å²) in [5, 5.41) is 4.50. The second kappa shape index (κ2) is 5.48. The molecule has 0 bridgehead atoms. The number of aryl methyl sites for hydroxylation is 2. The zero-order valence-corrected chi connectivity index (χ0v) is 12.5. The van der Waals surface area contributed by atoms with E-state index in [1.54, 1.807) is 18.4 Å². The molecule has 0 fully saturated rings. The summed E-state index contributed by atoms with van der Waals surface area (Å²) in [6.45, 7) is 6.17. The van der Waals surface area contributed by atoms with Gasteiger partial charge in [-0.15, -0.1) is 11.3 Å². The molecular weight excluding hydrogens is 258 g/mol. The SMILES string of the molecule is COc1cccc(NC(C)c2sc(C)nc2C)c1N. The third kappa shape index (κ3) is 2.81. The number of nitrogens with two attached hydrogens (primary N) is 1. The molecule has 2 rings (SSSR count). The average Bonchev–Trinajstić information content (AvgIpc) is 2.71. The van der Waals surface area contributed by atoms with Crippen LogP contribution < -0.4 is 15.8 Å². The molecule has 0 saturated heterocycles. The highest BCUT2D eigenvalue weighted by molar-refractivity contribution is 7.11. The van der Waals surface area contributed by atoms with E-state index < -0.39 is 0 Å². The van der Waals surface area contributed by atoms with E-state index in [1.807, 2.05) is 32.0 Å². The Labute approximate surface area is 117 Å². The Morgan fingerprint density at radius 3 is 2.68 bits per heavy atom. The summed E-state index contributed by atoms with van der Waals surface area (Å²) in [6.07, 6.45) is 0. The Morgan fingerprint density at radius 2 is 2.11 bits per heavy atom. The molecule has 0 saturated carbocycles. The summed E-state index contributed by atoms with van der Waals surface area (Å²) in [6, 6.07) is 5.90. The van der Waals surface area contributed by atoms with Gasteiger partial charge in [0, 0.05) is 4.88 Å². The number of ether oxygens (including phenoxy) is 1. The van der Waals surface area contributed by atoms with Crippen molar-refractivity contribution in [3.63, 3.8) is 0 Å². The maximum absolute atomic E-state index is 6.06. The maximum Gasteiger partial charge on any atom is 0.143 e. The van der Waals surface area contributed by atoms with Crippen molar-refractivity contribution in [1.82, 2.24) is 4.98 Å². The first-order valence-electron chi connectivity index (χ1n) is 6.16. The number of aromatic nitrogens is 1. The first-order chi connectivity index (χ1) is 9.02. The minimum atomic E-state index is 0.167. The van der Waals surface area contributed by atoms with Gasteiger partial charge in [-0.2, -0.15) is 0 Å². The standard InChI is InChI=1S/C14H19N3OS/c1-8-14(19-10(3)16-8)9(2)17-11-6-5-7-12(18-4)13(11)15/h5-7,9,17H,15H2,1-4H3. The van der Waals surface area contributed by atoms with Crippen molar-refractivity contribution >= 4 is 22.7 Å². The number of hydrogen-bond acceptors (Lipinski definition) is 5. The van der Waals surface area contributed by atoms with Crippen molar-refractivity contribution < 1.29 is 4.74 Å². The summed E-state index contributed by atoms with van der Waals surface area (Å²) in [5.41, 5.74) is 8.66. The first-order valence-corrected chi connectivity index (χ1v) is 6.97. The number of nitrogens with zero attached hydrogens (tertiary/aromatic N) is 1. The number of nitrogens with one attached hydrogen (secondary N) is 1. The largest absolute Gasteiger partial charge is 0.495 e. The molecule has 19 heavy (non-hydrogen) atoms. The van der Waals surface area contributed by atoms with Crippen molar-refractivity contribution in [2.45, 2.75) is 26.8 Å². The topological polar surface area (TPSA) is 60.2 Å². The molecule has 0 aliphatic carbocycles. The molecule has 0 aliphatic heterocycles. The zero-order chi connectivity index (χ0) is 14.0. The summed E-state index contributed by atoms with van der Waals surface area (Å²) in [4.78, 5) is 5.69. The molecule has 4 nitrogen and oxygen atoms in total. The van der Waals surface area contributed by atoms with E-state index in [0.717, 1.165) is 16.4 Å². The highest BCUT2D eigenvalue weighted by Crippen LogP contribution is 2.33. The van der Waals surface area contributed by atoms with Gasteiger partial charge in [-0.25, -0.2) is 4.98 Å². The molecule has 1 heterocycles. The molecule has 1 aromatic carbocycles. The normalized spacial score (nSPS) is 12.2. The highest BCUT2D eigenvalue weighted by Gasteiger charge is 2.14. The molecule has 0 radical (unpaired) electrons. The van der Waals surface area contributed by atoms with Crippen LogP contribution in [0.25, 0.3) is 0 Å². The third-order valence-electron chi connectivity index (χ3n) is 2.99. The van der Waals surface area contributed by atoms with Crippen LogP contribution in [0.2, 0.25) is 0 Å². The minimum Gasteiger partial charge on any atom is -0.495 e. The number of nitrogen functional groups attached to an aromatic ring is 1. The molecule has 1 aromatic heterocycles. The van der Waals surface area contributed by atoms with Crippen LogP contribution >= 0.6 is 11.3 Å². The van der Waals surface area contributed by atoms with Gasteiger partial charge in [0.2, 0.25) is 0 Å². The van der Waals surface area contributed by atoms with E-state index in [-0.39, 0.29) is 6.04 Å². The first kappa shape index (κ1) is 13.7. The number of para-hydroxylation sites is 1. The average molecular weight is 277 g/mol. The van der Waals surface area contributed by atoms with Gasteiger partial charge in [0.05, 0.1) is 35.2 Å². The number of benzene rings is 1. The van der Waals surface area contributed by atoms with Crippen LogP contribution in [0.5, 0.6) is 5.75 Å². The van der Waals surface area contributed by atoms with Crippen molar-refractivity contribution in [3.05, 3.63) is 33.8 Å². The predicted octanol–water partition coefficient (Wildman–Crippen LogP) is 3.52. The number of rotatable bonds is 4. The van der Waals surface area contributed by atoms with E-state index in [2.05, 4.69) is 17.2 Å². The zero-order valence-electron chi connectivity index (χ0n) is 11.7. The third-order valence-corrected chi connectivity index (χ3v) is 4.25. The Morgan fingerprint density at radius 1 is 1.37 bits per heavy atom. The van der Waals surface area contributed by atoms with Crippen molar-refractivity contribution in [1.29, 1.82) is 0 Å². The van der Waals surface area contributed by atoms with Gasteiger partial charge in [-0.3, -0.25) is 0 Å². The van der Waals surface area contributed by atoms with Gasteiger partial charge in [-0.05, 0) is 32.9 Å². The van der Waals surface area contributed by atoms with E-state index in [9.17, 15) is 0 Å². The lowest BCUT2D eigenvalue weighted by molar-refractivity contribution is 0.417. The summed E-state index contributed by atoms with van der Waals surface area (Å²) >= 11 is 1.71. The molecule has 5 heteroatoms. The highest BCUT2D eigenvalue weighted by atomic mass is 32.1. The lowest BCUT2D eigenvalue weighted by atomic mass is 10.2. The Hall–Kier alpha value is -1.75. The lowest BCUT2D eigenvalue weighted by Crippen LogP contribution is -2.08. The Balaban J connectivity index is 2.24. The van der Waals surface area contributed by atoms with Gasteiger partial charge in [0.25, 0.3) is 0 Å². The number of anilines is 2. The van der Waals surface area contributed by atoms with E-state index in [4.69, 9.17) is 10.5 Å². The van der Waals surface area contributed by atoms with E-state index >= 15 is 0 Å². The number of thiazole rings is 1. The summed E-state index contributed by atoms with van der Waals surface area (Å²) < 4.78 is 5.23. The minimum absolute atomic E-state index is 0.167. The van der Waals surface area contributed by atoms with Gasteiger partial charge in [0.15, 0.2) is 0 Å². The fraction of sp³-hybridized carbons (Fsp3) is 0.357. The molecular formula is C14H19N3OS. The molecule has 3 N–H and O–H groups in total. The molecule has 0 aliphatic rings. The van der Waals surface area contributed by atoms with Crippen LogP contribution in [0.4, 0.5) is 11.4 Å².